The van der Waals surface area contributed by atoms with Gasteiger partial charge in [0.25, 0.3) is 0 Å². The Morgan fingerprint density at radius 3 is 2.90 bits per heavy atom. The summed E-state index contributed by atoms with van der Waals surface area (Å²) < 4.78 is 1.14. The minimum absolute atomic E-state index is 0.00633. The van der Waals surface area contributed by atoms with E-state index in [4.69, 9.17) is 11.6 Å². The molecule has 0 radical (unpaired) electrons. The molecule has 1 amide bonds. The molecular weight excluding hydrogens is 324 g/mol. The molecule has 1 aliphatic rings. The topological polar surface area (TPSA) is 42.0 Å². The molecule has 1 aromatic heterocycles. The lowest BCUT2D eigenvalue weighted by molar-refractivity contribution is -0.117. The summed E-state index contributed by atoms with van der Waals surface area (Å²) in [6, 6.07) is 7.74. The molecule has 21 heavy (non-hydrogen) atoms. The lowest BCUT2D eigenvalue weighted by Gasteiger charge is -2.03. The number of anilines is 1. The van der Waals surface area contributed by atoms with Crippen LogP contribution >= 0.6 is 34.7 Å². The quantitative estimate of drug-likeness (QED) is 0.830. The van der Waals surface area contributed by atoms with E-state index in [1.54, 1.807) is 11.8 Å². The standard InChI is InChI=1S/C15H15ClN2OS2/c1-8-14(20-2)21-15(17-8)18-13(19)11-7-10(11)9-5-3-4-6-12(9)16/h3-6,10-11H,7H2,1-2H3,(H,17,18,19). The number of benzene rings is 1. The molecule has 1 aliphatic carbocycles. The molecule has 6 heteroatoms. The van der Waals surface area contributed by atoms with Crippen LogP contribution < -0.4 is 5.32 Å². The van der Waals surface area contributed by atoms with Gasteiger partial charge in [-0.25, -0.2) is 4.98 Å². The molecule has 1 heterocycles. The summed E-state index contributed by atoms with van der Waals surface area (Å²) in [5, 5.41) is 4.36. The van der Waals surface area contributed by atoms with Crippen molar-refractivity contribution in [1.29, 1.82) is 0 Å². The van der Waals surface area contributed by atoms with E-state index in [9.17, 15) is 4.79 Å². The number of halogens is 1. The number of aromatic nitrogens is 1. The van der Waals surface area contributed by atoms with Crippen LogP contribution in [0.25, 0.3) is 0 Å². The van der Waals surface area contributed by atoms with Gasteiger partial charge in [0, 0.05) is 10.9 Å². The van der Waals surface area contributed by atoms with E-state index in [-0.39, 0.29) is 17.7 Å². The molecule has 3 nitrogen and oxygen atoms in total. The molecule has 1 saturated carbocycles. The van der Waals surface area contributed by atoms with Crippen molar-refractivity contribution in [3.63, 3.8) is 0 Å². The van der Waals surface area contributed by atoms with E-state index >= 15 is 0 Å². The predicted octanol–water partition coefficient (Wildman–Crippen LogP) is 4.57. The molecule has 0 spiro atoms. The van der Waals surface area contributed by atoms with Gasteiger partial charge in [0.2, 0.25) is 5.91 Å². The van der Waals surface area contributed by atoms with Crippen molar-refractivity contribution in [3.05, 3.63) is 40.5 Å². The Hall–Kier alpha value is -1.04. The highest BCUT2D eigenvalue weighted by molar-refractivity contribution is 8.00. The maximum atomic E-state index is 12.3. The zero-order valence-electron chi connectivity index (χ0n) is 11.7. The largest absolute Gasteiger partial charge is 0.302 e. The van der Waals surface area contributed by atoms with Gasteiger partial charge in [-0.05, 0) is 37.1 Å². The van der Waals surface area contributed by atoms with E-state index in [1.165, 1.54) is 11.3 Å². The fourth-order valence-corrected chi connectivity index (χ4v) is 4.32. The van der Waals surface area contributed by atoms with Crippen molar-refractivity contribution in [2.75, 3.05) is 11.6 Å². The first-order valence-electron chi connectivity index (χ1n) is 6.67. The van der Waals surface area contributed by atoms with Crippen molar-refractivity contribution >= 4 is 45.7 Å². The third kappa shape index (κ3) is 3.10. The highest BCUT2D eigenvalue weighted by Gasteiger charge is 2.45. The van der Waals surface area contributed by atoms with Crippen LogP contribution in [0.1, 0.15) is 23.6 Å². The number of amides is 1. The summed E-state index contributed by atoms with van der Waals surface area (Å²) in [7, 11) is 0. The number of carbonyl (C=O) groups is 1. The zero-order chi connectivity index (χ0) is 15.0. The molecule has 0 saturated heterocycles. The summed E-state index contributed by atoms with van der Waals surface area (Å²) in [5.74, 6) is 0.285. The van der Waals surface area contributed by atoms with Gasteiger partial charge in [-0.1, -0.05) is 41.1 Å². The van der Waals surface area contributed by atoms with Gasteiger partial charge in [0.15, 0.2) is 5.13 Å². The Morgan fingerprint density at radius 2 is 2.24 bits per heavy atom. The Morgan fingerprint density at radius 1 is 1.48 bits per heavy atom. The normalized spacial score (nSPS) is 20.3. The third-order valence-corrected chi connectivity index (χ3v) is 6.23. The Balaban J connectivity index is 1.66. The van der Waals surface area contributed by atoms with Crippen molar-refractivity contribution in [2.45, 2.75) is 23.5 Å². The maximum absolute atomic E-state index is 12.3. The van der Waals surface area contributed by atoms with E-state index in [1.807, 2.05) is 37.4 Å². The van der Waals surface area contributed by atoms with Crippen molar-refractivity contribution in [1.82, 2.24) is 4.98 Å². The third-order valence-electron chi connectivity index (χ3n) is 3.60. The Kier molecular flexibility index (Phi) is 4.24. The number of nitrogens with zero attached hydrogens (tertiary/aromatic N) is 1. The van der Waals surface area contributed by atoms with Gasteiger partial charge >= 0.3 is 0 Å². The monoisotopic (exact) mass is 338 g/mol. The van der Waals surface area contributed by atoms with Gasteiger partial charge in [-0.3, -0.25) is 4.79 Å². The SMILES string of the molecule is CSc1sc(NC(=O)C2CC2c2ccccc2Cl)nc1C. The first-order valence-corrected chi connectivity index (χ1v) is 9.08. The molecule has 0 bridgehead atoms. The summed E-state index contributed by atoms with van der Waals surface area (Å²) in [5.41, 5.74) is 2.04. The molecule has 3 rings (SSSR count). The highest BCUT2D eigenvalue weighted by atomic mass is 35.5. The molecule has 0 aliphatic heterocycles. The maximum Gasteiger partial charge on any atom is 0.229 e. The molecule has 2 atom stereocenters. The number of thiazole rings is 1. The van der Waals surface area contributed by atoms with E-state index in [0.29, 0.717) is 5.13 Å². The van der Waals surface area contributed by atoms with Gasteiger partial charge in [-0.2, -0.15) is 0 Å². The Bertz CT molecular complexity index is 686. The lowest BCUT2D eigenvalue weighted by Crippen LogP contribution is -2.14. The van der Waals surface area contributed by atoms with Crippen molar-refractivity contribution < 1.29 is 4.79 Å². The minimum Gasteiger partial charge on any atom is -0.302 e. The number of hydrogen-bond donors (Lipinski definition) is 1. The molecule has 2 aromatic rings. The van der Waals surface area contributed by atoms with Crippen molar-refractivity contribution in [3.8, 4) is 0 Å². The lowest BCUT2D eigenvalue weighted by atomic mass is 10.1. The van der Waals surface area contributed by atoms with Crippen LogP contribution in [-0.2, 0) is 4.79 Å². The summed E-state index contributed by atoms with van der Waals surface area (Å²) in [6.07, 6.45) is 2.87. The number of carbonyl (C=O) groups excluding carboxylic acids is 1. The van der Waals surface area contributed by atoms with E-state index in [0.717, 1.165) is 26.9 Å². The summed E-state index contributed by atoms with van der Waals surface area (Å²) in [6.45, 7) is 1.96. The minimum atomic E-state index is 0.00633. The van der Waals surface area contributed by atoms with Crippen molar-refractivity contribution in [2.24, 2.45) is 5.92 Å². The van der Waals surface area contributed by atoms with Gasteiger partial charge in [0.05, 0.1) is 9.90 Å². The van der Waals surface area contributed by atoms with Crippen LogP contribution in [0.15, 0.2) is 28.5 Å². The van der Waals surface area contributed by atoms with Crippen LogP contribution in [0.3, 0.4) is 0 Å². The number of nitrogens with one attached hydrogen (secondary N) is 1. The second-order valence-corrected chi connectivity index (χ2v) is 7.54. The van der Waals surface area contributed by atoms with Crippen LogP contribution in [0.4, 0.5) is 5.13 Å². The highest BCUT2D eigenvalue weighted by Crippen LogP contribution is 2.50. The van der Waals surface area contributed by atoms with Gasteiger partial charge in [0.1, 0.15) is 0 Å². The Labute approximate surface area is 137 Å². The first kappa shape index (κ1) is 14.9. The van der Waals surface area contributed by atoms with Crippen LogP contribution in [0.5, 0.6) is 0 Å². The molecule has 1 fully saturated rings. The van der Waals surface area contributed by atoms with E-state index < -0.39 is 0 Å². The van der Waals surface area contributed by atoms with E-state index in [2.05, 4.69) is 10.3 Å². The molecule has 110 valence electrons. The average Bonchev–Trinajstić information content (AvgIpc) is 3.18. The zero-order valence-corrected chi connectivity index (χ0v) is 14.1. The fourth-order valence-electron chi connectivity index (χ4n) is 2.43. The number of thioether (sulfide) groups is 1. The second kappa shape index (κ2) is 5.99. The van der Waals surface area contributed by atoms with Crippen LogP contribution in [0, 0.1) is 12.8 Å². The number of rotatable bonds is 4. The first-order chi connectivity index (χ1) is 10.1. The molecule has 1 N–H and O–H groups in total. The smallest absolute Gasteiger partial charge is 0.229 e. The number of aryl methyl sites for hydroxylation is 1. The van der Waals surface area contributed by atoms with Crippen LogP contribution in [0.2, 0.25) is 5.02 Å². The summed E-state index contributed by atoms with van der Waals surface area (Å²) in [4.78, 5) is 16.7. The predicted molar refractivity (Wildman–Crippen MR) is 89.6 cm³/mol. The molecular formula is C15H15ClN2OS2. The fraction of sp³-hybridized carbons (Fsp3) is 0.333. The second-order valence-electron chi connectivity index (χ2n) is 5.06. The average molecular weight is 339 g/mol. The van der Waals surface area contributed by atoms with Gasteiger partial charge in [-0.15, -0.1) is 11.8 Å². The van der Waals surface area contributed by atoms with Crippen LogP contribution in [-0.4, -0.2) is 17.1 Å². The summed E-state index contributed by atoms with van der Waals surface area (Å²) >= 11 is 9.37. The number of hydrogen-bond acceptors (Lipinski definition) is 4. The molecule has 2 unspecified atom stereocenters. The molecule has 1 aromatic carbocycles. The van der Waals surface area contributed by atoms with Gasteiger partial charge < -0.3 is 5.32 Å².